The second-order valence-electron chi connectivity index (χ2n) is 6.33. The topological polar surface area (TPSA) is 61.6 Å². The van der Waals surface area contributed by atoms with Gasteiger partial charge in [-0.25, -0.2) is 8.78 Å². The first-order valence-electron chi connectivity index (χ1n) is 8.59. The summed E-state index contributed by atoms with van der Waals surface area (Å²) in [5.74, 6) is -0.816. The van der Waals surface area contributed by atoms with E-state index in [0.29, 0.717) is 18.7 Å². The zero-order valence-corrected chi connectivity index (χ0v) is 14.4. The fraction of sp³-hybridized carbons (Fsp3) is 0.316. The van der Waals surface area contributed by atoms with Crippen LogP contribution in [-0.4, -0.2) is 43.5 Å². The molecule has 7 heteroatoms. The highest BCUT2D eigenvalue weighted by atomic mass is 19.1. The number of carbonyl (C=O) groups is 1. The Bertz CT molecular complexity index is 759. The van der Waals surface area contributed by atoms with Crippen molar-refractivity contribution >= 4 is 23.0 Å². The molecule has 138 valence electrons. The largest absolute Gasteiger partial charge is 0.397 e. The molecule has 2 aromatic rings. The van der Waals surface area contributed by atoms with Crippen molar-refractivity contribution in [1.82, 2.24) is 4.90 Å². The number of nitrogen functional groups attached to an aromatic ring is 1. The summed E-state index contributed by atoms with van der Waals surface area (Å²) in [7, 11) is 0. The van der Waals surface area contributed by atoms with Crippen LogP contribution in [0.3, 0.4) is 0 Å². The molecule has 0 saturated carbocycles. The first kappa shape index (κ1) is 18.1. The number of hydrogen-bond acceptors (Lipinski definition) is 4. The van der Waals surface area contributed by atoms with Gasteiger partial charge < -0.3 is 16.0 Å². The smallest absolute Gasteiger partial charge is 0.225 e. The normalized spacial score (nSPS) is 15.1. The van der Waals surface area contributed by atoms with Gasteiger partial charge in [0.1, 0.15) is 11.6 Å². The third-order valence-corrected chi connectivity index (χ3v) is 4.51. The minimum absolute atomic E-state index is 0.149. The molecule has 1 amide bonds. The highest BCUT2D eigenvalue weighted by Gasteiger charge is 2.18. The van der Waals surface area contributed by atoms with Crippen LogP contribution >= 0.6 is 0 Å². The Morgan fingerprint density at radius 3 is 2.31 bits per heavy atom. The second-order valence-corrected chi connectivity index (χ2v) is 6.33. The Labute approximate surface area is 151 Å². The Morgan fingerprint density at radius 2 is 1.65 bits per heavy atom. The van der Waals surface area contributed by atoms with Crippen LogP contribution in [-0.2, 0) is 4.79 Å². The van der Waals surface area contributed by atoms with Crippen LogP contribution in [0, 0.1) is 11.6 Å². The lowest BCUT2D eigenvalue weighted by molar-refractivity contribution is -0.116. The van der Waals surface area contributed by atoms with Gasteiger partial charge in [0.2, 0.25) is 5.91 Å². The second kappa shape index (κ2) is 8.14. The number of nitrogens with zero attached hydrogens (tertiary/aromatic N) is 2. The highest BCUT2D eigenvalue weighted by Crippen LogP contribution is 2.20. The average molecular weight is 360 g/mol. The molecule has 5 nitrogen and oxygen atoms in total. The molecule has 0 bridgehead atoms. The van der Waals surface area contributed by atoms with Gasteiger partial charge in [-0.05, 0) is 42.5 Å². The number of nitrogens with two attached hydrogens (primary N) is 1. The maximum Gasteiger partial charge on any atom is 0.225 e. The fourth-order valence-corrected chi connectivity index (χ4v) is 3.00. The molecule has 0 aliphatic carbocycles. The standard InChI is InChI=1S/C19H22F2N4O/c20-14-1-4-16(5-2-14)25-11-9-24(10-12-25)8-7-19(26)23-18-6-3-15(21)13-17(18)22/h1-6,13H,7-12,22H2,(H,23,26). The van der Waals surface area contributed by atoms with Gasteiger partial charge in [-0.2, -0.15) is 0 Å². The molecule has 1 aliphatic rings. The number of piperazine rings is 1. The zero-order valence-electron chi connectivity index (χ0n) is 14.4. The van der Waals surface area contributed by atoms with Crippen LogP contribution < -0.4 is 16.0 Å². The molecule has 0 aromatic heterocycles. The number of benzene rings is 2. The van der Waals surface area contributed by atoms with E-state index in [2.05, 4.69) is 15.1 Å². The van der Waals surface area contributed by atoms with E-state index in [4.69, 9.17) is 5.73 Å². The van der Waals surface area contributed by atoms with Crippen LogP contribution in [0.4, 0.5) is 25.8 Å². The molecule has 26 heavy (non-hydrogen) atoms. The maximum absolute atomic E-state index is 13.0. The summed E-state index contributed by atoms with van der Waals surface area (Å²) in [4.78, 5) is 16.5. The fourth-order valence-electron chi connectivity index (χ4n) is 3.00. The van der Waals surface area contributed by atoms with Crippen molar-refractivity contribution in [2.75, 3.05) is 48.7 Å². The Morgan fingerprint density at radius 1 is 1.00 bits per heavy atom. The molecule has 3 rings (SSSR count). The molecular weight excluding hydrogens is 338 g/mol. The summed E-state index contributed by atoms with van der Waals surface area (Å²) in [6.07, 6.45) is 0.341. The lowest BCUT2D eigenvalue weighted by Crippen LogP contribution is -2.47. The maximum atomic E-state index is 13.0. The molecule has 1 aliphatic heterocycles. The number of hydrogen-bond donors (Lipinski definition) is 2. The van der Waals surface area contributed by atoms with Crippen molar-refractivity contribution in [3.63, 3.8) is 0 Å². The number of amides is 1. The molecular formula is C19H22F2N4O. The summed E-state index contributed by atoms with van der Waals surface area (Å²) < 4.78 is 26.0. The summed E-state index contributed by atoms with van der Waals surface area (Å²) in [6.45, 7) is 3.98. The minimum atomic E-state index is -0.431. The quantitative estimate of drug-likeness (QED) is 0.805. The van der Waals surface area contributed by atoms with Gasteiger partial charge in [-0.15, -0.1) is 0 Å². The van der Waals surface area contributed by atoms with Gasteiger partial charge in [-0.1, -0.05) is 0 Å². The van der Waals surface area contributed by atoms with Gasteiger partial charge >= 0.3 is 0 Å². The Balaban J connectivity index is 1.43. The number of halogens is 2. The van der Waals surface area contributed by atoms with Crippen molar-refractivity contribution in [1.29, 1.82) is 0 Å². The molecule has 1 saturated heterocycles. The van der Waals surface area contributed by atoms with Crippen molar-refractivity contribution < 1.29 is 13.6 Å². The first-order chi connectivity index (χ1) is 12.5. The monoisotopic (exact) mass is 360 g/mol. The van der Waals surface area contributed by atoms with Gasteiger partial charge in [0, 0.05) is 44.8 Å². The molecule has 1 heterocycles. The lowest BCUT2D eigenvalue weighted by atomic mass is 10.2. The third kappa shape index (κ3) is 4.70. The SMILES string of the molecule is Nc1cc(F)ccc1NC(=O)CCN1CCN(c2ccc(F)cc2)CC1. The Kier molecular flexibility index (Phi) is 5.68. The van der Waals surface area contributed by atoms with Crippen molar-refractivity contribution in [3.05, 3.63) is 54.1 Å². The number of carbonyl (C=O) groups excluding carboxylic acids is 1. The van der Waals surface area contributed by atoms with Gasteiger partial charge in [0.05, 0.1) is 11.4 Å². The van der Waals surface area contributed by atoms with E-state index in [1.165, 1.54) is 30.3 Å². The summed E-state index contributed by atoms with van der Waals surface area (Å²) >= 11 is 0. The molecule has 3 N–H and O–H groups in total. The van der Waals surface area contributed by atoms with E-state index in [9.17, 15) is 13.6 Å². The zero-order chi connectivity index (χ0) is 18.5. The van der Waals surface area contributed by atoms with E-state index in [1.54, 1.807) is 12.1 Å². The van der Waals surface area contributed by atoms with E-state index < -0.39 is 5.82 Å². The van der Waals surface area contributed by atoms with Gasteiger partial charge in [0.25, 0.3) is 0 Å². The number of rotatable bonds is 5. The van der Waals surface area contributed by atoms with Crippen LogP contribution in [0.2, 0.25) is 0 Å². The summed E-state index contributed by atoms with van der Waals surface area (Å²) in [5.41, 5.74) is 7.35. The molecule has 0 spiro atoms. The van der Waals surface area contributed by atoms with E-state index in [1.807, 2.05) is 0 Å². The van der Waals surface area contributed by atoms with Crippen LogP contribution in [0.1, 0.15) is 6.42 Å². The molecule has 0 unspecified atom stereocenters. The number of anilines is 3. The van der Waals surface area contributed by atoms with Crippen molar-refractivity contribution in [2.45, 2.75) is 6.42 Å². The Hall–Kier alpha value is -2.67. The predicted molar refractivity (Wildman–Crippen MR) is 99.1 cm³/mol. The third-order valence-electron chi connectivity index (χ3n) is 4.51. The summed E-state index contributed by atoms with van der Waals surface area (Å²) in [5, 5.41) is 2.71. The molecule has 0 radical (unpaired) electrons. The highest BCUT2D eigenvalue weighted by molar-refractivity contribution is 5.93. The first-order valence-corrected chi connectivity index (χ1v) is 8.59. The summed E-state index contributed by atoms with van der Waals surface area (Å²) in [6, 6.07) is 10.4. The number of nitrogens with one attached hydrogen (secondary N) is 1. The van der Waals surface area contributed by atoms with Crippen LogP contribution in [0.25, 0.3) is 0 Å². The van der Waals surface area contributed by atoms with Crippen molar-refractivity contribution in [2.24, 2.45) is 0 Å². The van der Waals surface area contributed by atoms with Crippen molar-refractivity contribution in [3.8, 4) is 0 Å². The molecule has 0 atom stereocenters. The molecule has 2 aromatic carbocycles. The predicted octanol–water partition coefficient (Wildman–Crippen LogP) is 2.70. The average Bonchev–Trinajstić information content (AvgIpc) is 2.63. The van der Waals surface area contributed by atoms with Gasteiger partial charge in [0.15, 0.2) is 0 Å². The van der Waals surface area contributed by atoms with E-state index in [0.717, 1.165) is 31.9 Å². The minimum Gasteiger partial charge on any atom is -0.397 e. The van der Waals surface area contributed by atoms with Gasteiger partial charge in [-0.3, -0.25) is 9.69 Å². The van der Waals surface area contributed by atoms with E-state index >= 15 is 0 Å². The molecule has 1 fully saturated rings. The van der Waals surface area contributed by atoms with Crippen LogP contribution in [0.5, 0.6) is 0 Å². The van der Waals surface area contributed by atoms with E-state index in [-0.39, 0.29) is 17.4 Å². The lowest BCUT2D eigenvalue weighted by Gasteiger charge is -2.36. The van der Waals surface area contributed by atoms with Crippen LogP contribution in [0.15, 0.2) is 42.5 Å².